The van der Waals surface area contributed by atoms with Gasteiger partial charge in [-0.15, -0.1) is 0 Å². The number of piperidine rings is 1. The van der Waals surface area contributed by atoms with E-state index in [1.807, 2.05) is 18.2 Å². The average Bonchev–Trinajstić information content (AvgIpc) is 2.79. The van der Waals surface area contributed by atoms with Gasteiger partial charge in [0.2, 0.25) is 15.9 Å². The molecule has 0 spiro atoms. The smallest absolute Gasteiger partial charge is 0.246 e. The van der Waals surface area contributed by atoms with Crippen LogP contribution in [0.25, 0.3) is 0 Å². The van der Waals surface area contributed by atoms with Crippen molar-refractivity contribution in [3.8, 4) is 11.5 Å². The van der Waals surface area contributed by atoms with Gasteiger partial charge in [-0.25, -0.2) is 8.42 Å². The average molecular weight is 459 g/mol. The van der Waals surface area contributed by atoms with Gasteiger partial charge < -0.3 is 14.4 Å². The van der Waals surface area contributed by atoms with Crippen molar-refractivity contribution in [3.05, 3.63) is 54.1 Å². The minimum Gasteiger partial charge on any atom is -0.486 e. The molecule has 0 aromatic heterocycles. The lowest BCUT2D eigenvalue weighted by Gasteiger charge is -2.37. The first-order valence-corrected chi connectivity index (χ1v) is 12.9. The number of likely N-dealkylation sites (tertiary alicyclic amines) is 1. The van der Waals surface area contributed by atoms with Crippen LogP contribution in [0, 0.1) is 5.92 Å². The van der Waals surface area contributed by atoms with Crippen molar-refractivity contribution < 1.29 is 22.7 Å². The highest BCUT2D eigenvalue weighted by atomic mass is 32.2. The molecule has 2 aromatic rings. The van der Waals surface area contributed by atoms with Gasteiger partial charge in [-0.05, 0) is 49.8 Å². The van der Waals surface area contributed by atoms with Crippen LogP contribution in [0.5, 0.6) is 11.5 Å². The highest BCUT2D eigenvalue weighted by Crippen LogP contribution is 2.35. The molecule has 0 bridgehead atoms. The molecule has 0 aliphatic carbocycles. The number of ether oxygens (including phenoxy) is 2. The zero-order valence-electron chi connectivity index (χ0n) is 18.6. The fourth-order valence-electron chi connectivity index (χ4n) is 4.54. The number of carbonyl (C=O) groups is 1. The first-order chi connectivity index (χ1) is 15.3. The van der Waals surface area contributed by atoms with Gasteiger partial charge in [0.1, 0.15) is 19.3 Å². The predicted molar refractivity (Wildman–Crippen MR) is 124 cm³/mol. The monoisotopic (exact) mass is 458 g/mol. The maximum absolute atomic E-state index is 13.3. The Morgan fingerprint density at radius 2 is 1.72 bits per heavy atom. The Balaban J connectivity index is 1.45. The van der Waals surface area contributed by atoms with Crippen molar-refractivity contribution in [1.82, 2.24) is 4.90 Å². The number of anilines is 1. The number of fused-ring (bicyclic) bond motifs is 1. The van der Waals surface area contributed by atoms with Crippen molar-refractivity contribution in [2.24, 2.45) is 5.92 Å². The Hall–Kier alpha value is -2.74. The second-order valence-corrected chi connectivity index (χ2v) is 10.4. The van der Waals surface area contributed by atoms with Gasteiger partial charge in [0, 0.05) is 19.2 Å². The van der Waals surface area contributed by atoms with Gasteiger partial charge in [0.05, 0.1) is 11.9 Å². The maximum atomic E-state index is 13.3. The number of rotatable bonds is 6. The third-order valence-corrected chi connectivity index (χ3v) is 7.38. The highest BCUT2D eigenvalue weighted by molar-refractivity contribution is 7.92. The van der Waals surface area contributed by atoms with Crippen molar-refractivity contribution in [2.75, 3.05) is 36.9 Å². The molecular formula is C24H30N2O5S. The molecule has 0 radical (unpaired) electrons. The summed E-state index contributed by atoms with van der Waals surface area (Å²) in [6, 6.07) is 14.5. The van der Waals surface area contributed by atoms with Crippen LogP contribution in [0.15, 0.2) is 48.5 Å². The first-order valence-electron chi connectivity index (χ1n) is 11.0. The fourth-order valence-corrected chi connectivity index (χ4v) is 5.70. The second-order valence-electron chi connectivity index (χ2n) is 8.52. The van der Waals surface area contributed by atoms with E-state index >= 15 is 0 Å². The molecule has 172 valence electrons. The second kappa shape index (κ2) is 9.40. The minimum atomic E-state index is -3.69. The number of hydrogen-bond acceptors (Lipinski definition) is 5. The van der Waals surface area contributed by atoms with Crippen molar-refractivity contribution in [3.63, 3.8) is 0 Å². The molecule has 7 nitrogen and oxygen atoms in total. The van der Waals surface area contributed by atoms with Crippen LogP contribution >= 0.6 is 0 Å². The van der Waals surface area contributed by atoms with Gasteiger partial charge in [-0.2, -0.15) is 0 Å². The molecule has 1 saturated heterocycles. The standard InChI is InChI=1S/C24H30N2O5S/c1-18(24(27)25-12-10-20(11-13-25)16-19-6-4-3-5-7-19)26(32(2,28)29)21-8-9-22-23(17-21)31-15-14-30-22/h3-9,17-18,20H,10-16H2,1-2H3/t18-/m1/s1. The summed E-state index contributed by atoms with van der Waals surface area (Å²) < 4.78 is 37.7. The van der Waals surface area contributed by atoms with Crippen molar-refractivity contribution in [1.29, 1.82) is 0 Å². The normalized spacial score (nSPS) is 17.6. The first kappa shape index (κ1) is 22.5. The van der Waals surface area contributed by atoms with Crippen molar-refractivity contribution in [2.45, 2.75) is 32.2 Å². The molecule has 2 aliphatic rings. The molecule has 1 fully saturated rings. The lowest BCUT2D eigenvalue weighted by atomic mass is 9.90. The Labute approximate surface area is 190 Å². The van der Waals surface area contributed by atoms with E-state index < -0.39 is 16.1 Å². The number of nitrogens with zero attached hydrogens (tertiary/aromatic N) is 2. The van der Waals surface area contributed by atoms with E-state index in [0.29, 0.717) is 49.4 Å². The van der Waals surface area contributed by atoms with Gasteiger partial charge in [-0.3, -0.25) is 9.10 Å². The quantitative estimate of drug-likeness (QED) is 0.665. The summed E-state index contributed by atoms with van der Waals surface area (Å²) in [5.74, 6) is 1.42. The number of amides is 1. The Bertz CT molecular complexity index is 1050. The summed E-state index contributed by atoms with van der Waals surface area (Å²) in [4.78, 5) is 15.1. The van der Waals surface area contributed by atoms with E-state index in [-0.39, 0.29) is 5.91 Å². The molecule has 1 atom stereocenters. The molecule has 1 amide bonds. The van der Waals surface area contributed by atoms with Crippen LogP contribution in [0.1, 0.15) is 25.3 Å². The molecule has 0 saturated carbocycles. The fraction of sp³-hybridized carbons (Fsp3) is 0.458. The summed E-state index contributed by atoms with van der Waals surface area (Å²) >= 11 is 0. The van der Waals surface area contributed by atoms with Gasteiger partial charge in [-0.1, -0.05) is 30.3 Å². The van der Waals surface area contributed by atoms with Crippen LogP contribution in [0.3, 0.4) is 0 Å². The van der Waals surface area contributed by atoms with Gasteiger partial charge in [0.15, 0.2) is 11.5 Å². The third-order valence-electron chi connectivity index (χ3n) is 6.14. The topological polar surface area (TPSA) is 76.2 Å². The number of hydrogen-bond donors (Lipinski definition) is 0. The zero-order chi connectivity index (χ0) is 22.7. The Morgan fingerprint density at radius 3 is 2.38 bits per heavy atom. The Morgan fingerprint density at radius 1 is 1.06 bits per heavy atom. The summed E-state index contributed by atoms with van der Waals surface area (Å²) in [5.41, 5.74) is 1.71. The zero-order valence-corrected chi connectivity index (χ0v) is 19.4. The highest BCUT2D eigenvalue weighted by Gasteiger charge is 2.34. The maximum Gasteiger partial charge on any atom is 0.246 e. The van der Waals surface area contributed by atoms with Crippen LogP contribution in [-0.2, 0) is 21.2 Å². The number of benzene rings is 2. The van der Waals surface area contributed by atoms with Crippen LogP contribution in [-0.4, -0.2) is 57.8 Å². The van der Waals surface area contributed by atoms with E-state index in [2.05, 4.69) is 12.1 Å². The molecule has 2 heterocycles. The number of carbonyl (C=O) groups excluding carboxylic acids is 1. The Kier molecular flexibility index (Phi) is 6.60. The van der Waals surface area contributed by atoms with Crippen molar-refractivity contribution >= 4 is 21.6 Å². The summed E-state index contributed by atoms with van der Waals surface area (Å²) in [5, 5.41) is 0. The van der Waals surface area contributed by atoms with Gasteiger partial charge in [0.25, 0.3) is 0 Å². The lowest BCUT2D eigenvalue weighted by molar-refractivity contribution is -0.133. The minimum absolute atomic E-state index is 0.177. The SMILES string of the molecule is C[C@H](C(=O)N1CCC(Cc2ccccc2)CC1)N(c1ccc2c(c1)OCCO2)S(C)(=O)=O. The predicted octanol–water partition coefficient (Wildman–Crippen LogP) is 3.09. The third kappa shape index (κ3) is 5.01. The molecule has 4 rings (SSSR count). The van der Waals surface area contributed by atoms with Crippen LogP contribution in [0.4, 0.5) is 5.69 Å². The van der Waals surface area contributed by atoms with E-state index in [0.717, 1.165) is 25.5 Å². The molecule has 0 unspecified atom stereocenters. The summed E-state index contributed by atoms with van der Waals surface area (Å²) in [6.07, 6.45) is 3.96. The largest absolute Gasteiger partial charge is 0.486 e. The summed E-state index contributed by atoms with van der Waals surface area (Å²) in [7, 11) is -3.69. The van der Waals surface area contributed by atoms with E-state index in [4.69, 9.17) is 9.47 Å². The molecule has 8 heteroatoms. The molecular weight excluding hydrogens is 428 g/mol. The van der Waals surface area contributed by atoms with Gasteiger partial charge >= 0.3 is 0 Å². The summed E-state index contributed by atoms with van der Waals surface area (Å²) in [6.45, 7) is 3.79. The van der Waals surface area contributed by atoms with E-state index in [9.17, 15) is 13.2 Å². The van der Waals surface area contributed by atoms with Crippen LogP contribution in [0.2, 0.25) is 0 Å². The molecule has 2 aromatic carbocycles. The molecule has 0 N–H and O–H groups in total. The lowest BCUT2D eigenvalue weighted by Crippen LogP contribution is -2.51. The molecule has 32 heavy (non-hydrogen) atoms. The van der Waals surface area contributed by atoms with E-state index in [1.165, 1.54) is 9.87 Å². The van der Waals surface area contributed by atoms with Crippen LogP contribution < -0.4 is 13.8 Å². The number of sulfonamides is 1. The van der Waals surface area contributed by atoms with E-state index in [1.54, 1.807) is 30.0 Å². The molecule has 2 aliphatic heterocycles.